The summed E-state index contributed by atoms with van der Waals surface area (Å²) in [7, 11) is 0. The molecule has 3 N–H and O–H groups in total. The van der Waals surface area contributed by atoms with Crippen LogP contribution in [0, 0.1) is 31.6 Å². The predicted octanol–water partition coefficient (Wildman–Crippen LogP) is 4.00. The number of anilines is 2. The topological polar surface area (TPSA) is 70.2 Å². The molecule has 1 aromatic carbocycles. The van der Waals surface area contributed by atoms with Crippen LogP contribution in [0.4, 0.5) is 11.4 Å². The molecule has 5 atom stereocenters. The average Bonchev–Trinajstić information content (AvgIpc) is 3.24. The predicted molar refractivity (Wildman–Crippen MR) is 110 cm³/mol. The molecule has 0 radical (unpaired) electrons. The van der Waals surface area contributed by atoms with Gasteiger partial charge in [-0.25, -0.2) is 0 Å². The summed E-state index contributed by atoms with van der Waals surface area (Å²) in [6.45, 7) is 9.48. The van der Waals surface area contributed by atoms with Crippen molar-refractivity contribution in [1.29, 1.82) is 0 Å². The van der Waals surface area contributed by atoms with Crippen molar-refractivity contribution in [2.24, 2.45) is 17.8 Å². The number of hydrogen-bond donors (Lipinski definition) is 3. The third kappa shape index (κ3) is 4.28. The Labute approximate surface area is 162 Å². The monoisotopic (exact) mass is 371 g/mol. The van der Waals surface area contributed by atoms with Crippen molar-refractivity contribution in [1.82, 2.24) is 5.32 Å². The molecule has 27 heavy (non-hydrogen) atoms. The fourth-order valence-electron chi connectivity index (χ4n) is 5.03. The normalized spacial score (nSPS) is 25.7. The van der Waals surface area contributed by atoms with Gasteiger partial charge < -0.3 is 16.0 Å². The summed E-state index contributed by atoms with van der Waals surface area (Å²) < 4.78 is 0. The first-order chi connectivity index (χ1) is 12.8. The van der Waals surface area contributed by atoms with Crippen LogP contribution in [0.15, 0.2) is 12.1 Å². The highest BCUT2D eigenvalue weighted by atomic mass is 16.2. The molecule has 5 heteroatoms. The number of benzene rings is 1. The molecule has 2 saturated carbocycles. The molecular weight excluding hydrogens is 338 g/mol. The first-order valence-electron chi connectivity index (χ1n) is 10.2. The number of carbonyl (C=O) groups excluding carboxylic acids is 2. The van der Waals surface area contributed by atoms with Crippen LogP contribution in [-0.4, -0.2) is 23.9 Å². The van der Waals surface area contributed by atoms with Crippen LogP contribution in [0.2, 0.25) is 0 Å². The van der Waals surface area contributed by atoms with Crippen molar-refractivity contribution in [2.45, 2.75) is 72.4 Å². The quantitative estimate of drug-likeness (QED) is 0.708. The van der Waals surface area contributed by atoms with Gasteiger partial charge in [-0.05, 0) is 81.9 Å². The molecule has 2 fully saturated rings. The van der Waals surface area contributed by atoms with E-state index in [4.69, 9.17) is 0 Å². The summed E-state index contributed by atoms with van der Waals surface area (Å²) >= 11 is 0. The lowest BCUT2D eigenvalue weighted by Gasteiger charge is -2.29. The molecule has 0 unspecified atom stereocenters. The Morgan fingerprint density at radius 1 is 1.11 bits per heavy atom. The minimum absolute atomic E-state index is 0.0336. The molecule has 0 aromatic heterocycles. The molecule has 2 aliphatic carbocycles. The number of amides is 2. The van der Waals surface area contributed by atoms with E-state index in [-0.39, 0.29) is 23.9 Å². The van der Waals surface area contributed by atoms with Crippen molar-refractivity contribution in [2.75, 3.05) is 10.6 Å². The Bertz CT molecular complexity index is 731. The van der Waals surface area contributed by atoms with E-state index in [9.17, 15) is 9.59 Å². The van der Waals surface area contributed by atoms with E-state index in [2.05, 4.69) is 22.9 Å². The van der Waals surface area contributed by atoms with Crippen LogP contribution >= 0.6 is 0 Å². The molecule has 0 spiro atoms. The van der Waals surface area contributed by atoms with Gasteiger partial charge in [-0.3, -0.25) is 9.59 Å². The lowest BCUT2D eigenvalue weighted by atomic mass is 9.84. The Morgan fingerprint density at radius 2 is 1.85 bits per heavy atom. The van der Waals surface area contributed by atoms with E-state index >= 15 is 0 Å². The third-order valence-corrected chi connectivity index (χ3v) is 6.54. The van der Waals surface area contributed by atoms with Crippen molar-refractivity contribution < 1.29 is 9.59 Å². The molecule has 0 saturated heterocycles. The average molecular weight is 372 g/mol. The molecule has 2 bridgehead atoms. The third-order valence-electron chi connectivity index (χ3n) is 6.54. The highest BCUT2D eigenvalue weighted by Gasteiger charge is 2.42. The summed E-state index contributed by atoms with van der Waals surface area (Å²) in [5.74, 6) is 2.26. The molecule has 0 heterocycles. The second-order valence-electron chi connectivity index (χ2n) is 8.61. The van der Waals surface area contributed by atoms with Gasteiger partial charge in [0.15, 0.2) is 0 Å². The summed E-state index contributed by atoms with van der Waals surface area (Å²) in [4.78, 5) is 24.2. The minimum atomic E-state index is -0.336. The van der Waals surface area contributed by atoms with Crippen LogP contribution in [-0.2, 0) is 9.59 Å². The number of fused-ring (bicyclic) bond motifs is 2. The highest BCUT2D eigenvalue weighted by molar-refractivity contribution is 5.92. The van der Waals surface area contributed by atoms with Crippen molar-refractivity contribution in [3.63, 3.8) is 0 Å². The van der Waals surface area contributed by atoms with Crippen LogP contribution in [0.25, 0.3) is 0 Å². The number of carbonyl (C=O) groups is 2. The van der Waals surface area contributed by atoms with Gasteiger partial charge in [0.25, 0.3) is 0 Å². The lowest BCUT2D eigenvalue weighted by molar-refractivity contribution is -0.122. The second-order valence-corrected chi connectivity index (χ2v) is 8.61. The van der Waals surface area contributed by atoms with Crippen molar-refractivity contribution >= 4 is 23.2 Å². The Morgan fingerprint density at radius 3 is 2.44 bits per heavy atom. The zero-order chi connectivity index (χ0) is 19.7. The van der Waals surface area contributed by atoms with E-state index in [1.807, 2.05) is 32.9 Å². The zero-order valence-electron chi connectivity index (χ0n) is 17.2. The number of rotatable bonds is 6. The fourth-order valence-corrected chi connectivity index (χ4v) is 5.03. The van der Waals surface area contributed by atoms with Crippen molar-refractivity contribution in [3.05, 3.63) is 23.3 Å². The van der Waals surface area contributed by atoms with Crippen LogP contribution in [0.3, 0.4) is 0 Å². The van der Waals surface area contributed by atoms with Gasteiger partial charge >= 0.3 is 0 Å². The fraction of sp³-hybridized carbons (Fsp3) is 0.636. The molecular formula is C22H33N3O2. The van der Waals surface area contributed by atoms with Gasteiger partial charge in [0.05, 0.1) is 0 Å². The minimum Gasteiger partial charge on any atom is -0.374 e. The van der Waals surface area contributed by atoms with E-state index in [1.165, 1.54) is 32.6 Å². The number of hydrogen-bond acceptors (Lipinski definition) is 3. The summed E-state index contributed by atoms with van der Waals surface area (Å²) in [5.41, 5.74) is 3.65. The van der Waals surface area contributed by atoms with Gasteiger partial charge in [0.1, 0.15) is 6.04 Å². The van der Waals surface area contributed by atoms with Gasteiger partial charge in [-0.2, -0.15) is 0 Å². The van der Waals surface area contributed by atoms with Crippen LogP contribution in [0.1, 0.15) is 57.6 Å². The van der Waals surface area contributed by atoms with E-state index in [0.717, 1.165) is 34.3 Å². The Balaban J connectivity index is 1.62. The standard InChI is InChI=1S/C22H33N3O2/c1-12-6-9-20(13(2)21(12)25-16(5)26)23-15(4)22(27)24-14(3)19-11-17-7-8-18(19)10-17/h6,9,14-15,17-19,23H,7-8,10-11H2,1-5H3,(H,24,27)(H,25,26)/t14-,15-,17+,18+,19-/m1/s1. The SMILES string of the molecule is CC(=O)Nc1c(C)ccc(N[C@H](C)C(=O)N[C@H](C)[C@H]2C[C@H]3CC[C@H]2C3)c1C. The van der Waals surface area contributed by atoms with Crippen LogP contribution < -0.4 is 16.0 Å². The smallest absolute Gasteiger partial charge is 0.242 e. The maximum Gasteiger partial charge on any atom is 0.242 e. The molecule has 3 rings (SSSR count). The second kappa shape index (κ2) is 7.91. The highest BCUT2D eigenvalue weighted by Crippen LogP contribution is 2.49. The van der Waals surface area contributed by atoms with E-state index in [1.54, 1.807) is 0 Å². The molecule has 0 aliphatic heterocycles. The number of nitrogens with one attached hydrogen (secondary N) is 3. The largest absolute Gasteiger partial charge is 0.374 e. The first kappa shape index (κ1) is 19.7. The molecule has 2 aliphatic rings. The Kier molecular flexibility index (Phi) is 5.78. The summed E-state index contributed by atoms with van der Waals surface area (Å²) in [6, 6.07) is 3.83. The first-order valence-corrected chi connectivity index (χ1v) is 10.2. The summed E-state index contributed by atoms with van der Waals surface area (Å²) in [6.07, 6.45) is 5.33. The Hall–Kier alpha value is -2.04. The molecule has 2 amide bonds. The van der Waals surface area contributed by atoms with Gasteiger partial charge in [-0.1, -0.05) is 12.5 Å². The maximum absolute atomic E-state index is 12.7. The van der Waals surface area contributed by atoms with Gasteiger partial charge in [-0.15, -0.1) is 0 Å². The maximum atomic E-state index is 12.7. The lowest BCUT2D eigenvalue weighted by Crippen LogP contribution is -2.46. The van der Waals surface area contributed by atoms with Gasteiger partial charge in [0, 0.05) is 24.3 Å². The van der Waals surface area contributed by atoms with E-state index in [0.29, 0.717) is 5.92 Å². The molecule has 5 nitrogen and oxygen atoms in total. The number of aryl methyl sites for hydroxylation is 1. The van der Waals surface area contributed by atoms with Crippen molar-refractivity contribution in [3.8, 4) is 0 Å². The summed E-state index contributed by atoms with van der Waals surface area (Å²) in [5, 5.41) is 9.44. The van der Waals surface area contributed by atoms with E-state index < -0.39 is 0 Å². The zero-order valence-corrected chi connectivity index (χ0v) is 17.2. The molecule has 148 valence electrons. The van der Waals surface area contributed by atoms with Crippen LogP contribution in [0.5, 0.6) is 0 Å². The molecule has 1 aromatic rings. The van der Waals surface area contributed by atoms with Gasteiger partial charge in [0.2, 0.25) is 11.8 Å².